The van der Waals surface area contributed by atoms with Gasteiger partial charge in [0.1, 0.15) is 0 Å². The summed E-state index contributed by atoms with van der Waals surface area (Å²) in [6, 6.07) is 91.6. The van der Waals surface area contributed by atoms with Crippen molar-refractivity contribution in [3.8, 4) is 112 Å². The molecule has 72 heavy (non-hydrogen) atoms. The van der Waals surface area contributed by atoms with Crippen molar-refractivity contribution in [3.63, 3.8) is 0 Å². The molecule has 14 rings (SSSR count). The van der Waals surface area contributed by atoms with E-state index in [0.717, 1.165) is 61.2 Å². The number of hydrogen-bond donors (Lipinski definition) is 0. The normalized spacial score (nSPS) is 11.6. The van der Waals surface area contributed by atoms with Crippen LogP contribution in [0.1, 0.15) is 0 Å². The predicted octanol–water partition coefficient (Wildman–Crippen LogP) is 18.3. The van der Waals surface area contributed by atoms with Crippen LogP contribution in [-0.4, -0.2) is 15.0 Å². The van der Waals surface area contributed by atoms with Gasteiger partial charge < -0.3 is 0 Å². The highest BCUT2D eigenvalue weighted by atomic mass is 14.9. The SMILES string of the molecule is c1ccc(-c2nc(-c3ccc(-c4ccc(-c5ccc6c7c(cccc57)-c5c-6c(-c6ccccc6)c6ccccc6c5-c5ccccc5)cc4)cc3)cc(-c3ccc(-c4ccnc5ccccc45)cc3)n2)cc1. The topological polar surface area (TPSA) is 38.7 Å². The number of nitrogens with zero attached hydrogens (tertiary/aromatic N) is 3. The molecule has 0 saturated heterocycles. The van der Waals surface area contributed by atoms with E-state index in [1.165, 1.54) is 77.2 Å². The summed E-state index contributed by atoms with van der Waals surface area (Å²) in [7, 11) is 0. The van der Waals surface area contributed by atoms with E-state index < -0.39 is 0 Å². The molecule has 334 valence electrons. The van der Waals surface area contributed by atoms with Crippen LogP contribution in [0, 0.1) is 0 Å². The van der Waals surface area contributed by atoms with Crippen LogP contribution >= 0.6 is 0 Å². The van der Waals surface area contributed by atoms with Gasteiger partial charge in [0.15, 0.2) is 5.82 Å². The van der Waals surface area contributed by atoms with Gasteiger partial charge >= 0.3 is 0 Å². The molecule has 3 heteroatoms. The van der Waals surface area contributed by atoms with Crippen LogP contribution in [-0.2, 0) is 0 Å². The Morgan fingerprint density at radius 1 is 0.236 bits per heavy atom. The first-order valence-corrected chi connectivity index (χ1v) is 24.6. The van der Waals surface area contributed by atoms with E-state index >= 15 is 0 Å². The number of para-hydroxylation sites is 1. The zero-order valence-corrected chi connectivity index (χ0v) is 39.2. The molecule has 11 aromatic carbocycles. The largest absolute Gasteiger partial charge is 0.256 e. The van der Waals surface area contributed by atoms with Crippen LogP contribution < -0.4 is 0 Å². The molecule has 0 radical (unpaired) electrons. The molecular formula is C69H43N3. The Balaban J connectivity index is 0.812. The summed E-state index contributed by atoms with van der Waals surface area (Å²) >= 11 is 0. The van der Waals surface area contributed by atoms with Crippen LogP contribution in [0.15, 0.2) is 261 Å². The van der Waals surface area contributed by atoms with Crippen molar-refractivity contribution in [2.75, 3.05) is 0 Å². The van der Waals surface area contributed by atoms with Crippen molar-refractivity contribution >= 4 is 32.4 Å². The molecule has 3 nitrogen and oxygen atoms in total. The van der Waals surface area contributed by atoms with Crippen LogP contribution in [0.4, 0.5) is 0 Å². The third kappa shape index (κ3) is 6.94. The van der Waals surface area contributed by atoms with E-state index in [1.807, 2.05) is 30.5 Å². The Morgan fingerprint density at radius 3 is 1.21 bits per heavy atom. The number of pyridine rings is 1. The molecule has 2 aromatic heterocycles. The lowest BCUT2D eigenvalue weighted by Gasteiger charge is -2.20. The Kier molecular flexibility index (Phi) is 9.85. The fraction of sp³-hybridized carbons (Fsp3) is 0. The molecule has 0 aliphatic heterocycles. The molecular weight excluding hydrogens is 871 g/mol. The molecule has 0 atom stereocenters. The highest BCUT2D eigenvalue weighted by Gasteiger charge is 2.31. The molecule has 0 N–H and O–H groups in total. The summed E-state index contributed by atoms with van der Waals surface area (Å²) in [6.07, 6.45) is 1.88. The van der Waals surface area contributed by atoms with Gasteiger partial charge in [0, 0.05) is 28.3 Å². The monoisotopic (exact) mass is 913 g/mol. The van der Waals surface area contributed by atoms with E-state index in [-0.39, 0.29) is 0 Å². The van der Waals surface area contributed by atoms with Gasteiger partial charge in [0.2, 0.25) is 0 Å². The summed E-state index contributed by atoms with van der Waals surface area (Å²) in [4.78, 5) is 14.8. The summed E-state index contributed by atoms with van der Waals surface area (Å²) in [5.74, 6) is 0.695. The molecule has 0 saturated carbocycles. The highest BCUT2D eigenvalue weighted by molar-refractivity contribution is 6.28. The van der Waals surface area contributed by atoms with Gasteiger partial charge in [-0.05, 0) is 118 Å². The average molecular weight is 914 g/mol. The van der Waals surface area contributed by atoms with E-state index in [9.17, 15) is 0 Å². The third-order valence-electron chi connectivity index (χ3n) is 14.5. The van der Waals surface area contributed by atoms with E-state index in [2.05, 4.69) is 236 Å². The lowest BCUT2D eigenvalue weighted by molar-refractivity contribution is 1.18. The van der Waals surface area contributed by atoms with E-state index in [4.69, 9.17) is 9.97 Å². The maximum absolute atomic E-state index is 5.14. The standard InChI is InChI=1S/C69H43N3/c1-4-15-50(16-5-1)64-57-22-10-11-23-58(57)65(51-17-6-2-7-18-51)68-60-40-39-53(56-24-14-25-59(66(56)60)67(64)68)46-31-27-44(28-32-46)45-29-35-48(36-30-45)62-43-63(72-69(71-62)52-19-8-3-9-20-52)49-37-33-47(34-38-49)54-41-42-70-61-26-13-12-21-55(54)61/h1-43H. The summed E-state index contributed by atoms with van der Waals surface area (Å²) in [5, 5.41) is 6.25. The molecule has 0 spiro atoms. The smallest absolute Gasteiger partial charge is 0.160 e. The summed E-state index contributed by atoms with van der Waals surface area (Å²) in [6.45, 7) is 0. The Morgan fingerprint density at radius 2 is 0.653 bits per heavy atom. The quantitative estimate of drug-likeness (QED) is 0.152. The molecule has 0 unspecified atom stereocenters. The number of hydrogen-bond acceptors (Lipinski definition) is 3. The second-order valence-electron chi connectivity index (χ2n) is 18.6. The van der Waals surface area contributed by atoms with Crippen molar-refractivity contribution in [1.29, 1.82) is 0 Å². The second-order valence-corrected chi connectivity index (χ2v) is 18.6. The molecule has 1 aliphatic rings. The van der Waals surface area contributed by atoms with Crippen molar-refractivity contribution in [3.05, 3.63) is 261 Å². The molecule has 0 amide bonds. The van der Waals surface area contributed by atoms with Crippen LogP contribution in [0.25, 0.3) is 144 Å². The van der Waals surface area contributed by atoms with Crippen molar-refractivity contribution in [2.24, 2.45) is 0 Å². The van der Waals surface area contributed by atoms with Crippen LogP contribution in [0.5, 0.6) is 0 Å². The minimum absolute atomic E-state index is 0.695. The molecule has 1 aliphatic carbocycles. The van der Waals surface area contributed by atoms with Gasteiger partial charge in [-0.3, -0.25) is 4.98 Å². The van der Waals surface area contributed by atoms with Gasteiger partial charge in [-0.2, -0.15) is 0 Å². The maximum atomic E-state index is 5.14. The second kappa shape index (κ2) is 17.1. The van der Waals surface area contributed by atoms with Crippen molar-refractivity contribution in [2.45, 2.75) is 0 Å². The lowest BCUT2D eigenvalue weighted by Crippen LogP contribution is -1.96. The molecule has 0 bridgehead atoms. The van der Waals surface area contributed by atoms with Gasteiger partial charge in [0.05, 0.1) is 16.9 Å². The number of benzene rings is 11. The minimum Gasteiger partial charge on any atom is -0.256 e. The average Bonchev–Trinajstić information content (AvgIpc) is 3.79. The zero-order valence-electron chi connectivity index (χ0n) is 39.2. The Labute approximate surface area is 418 Å². The maximum Gasteiger partial charge on any atom is 0.160 e. The number of aromatic nitrogens is 3. The number of fused-ring (bicyclic) bond motifs is 5. The van der Waals surface area contributed by atoms with Crippen LogP contribution in [0.2, 0.25) is 0 Å². The van der Waals surface area contributed by atoms with Crippen LogP contribution in [0.3, 0.4) is 0 Å². The Hall–Kier alpha value is -9.57. The minimum atomic E-state index is 0.695. The fourth-order valence-corrected chi connectivity index (χ4v) is 11.2. The summed E-state index contributed by atoms with van der Waals surface area (Å²) in [5.41, 5.74) is 23.0. The summed E-state index contributed by atoms with van der Waals surface area (Å²) < 4.78 is 0. The van der Waals surface area contributed by atoms with Crippen molar-refractivity contribution in [1.82, 2.24) is 15.0 Å². The first-order valence-electron chi connectivity index (χ1n) is 24.6. The molecule has 2 heterocycles. The van der Waals surface area contributed by atoms with Crippen molar-refractivity contribution < 1.29 is 0 Å². The van der Waals surface area contributed by atoms with Gasteiger partial charge in [-0.1, -0.05) is 237 Å². The molecule has 0 fully saturated rings. The van der Waals surface area contributed by atoms with Gasteiger partial charge in [-0.25, -0.2) is 9.97 Å². The molecule has 13 aromatic rings. The highest BCUT2D eigenvalue weighted by Crippen LogP contribution is 2.58. The first kappa shape index (κ1) is 41.4. The predicted molar refractivity (Wildman–Crippen MR) is 300 cm³/mol. The number of rotatable bonds is 8. The fourth-order valence-electron chi connectivity index (χ4n) is 11.2. The van der Waals surface area contributed by atoms with Gasteiger partial charge in [-0.15, -0.1) is 0 Å². The van der Waals surface area contributed by atoms with E-state index in [0.29, 0.717) is 5.82 Å². The first-order chi connectivity index (χ1) is 35.7. The lowest BCUT2D eigenvalue weighted by atomic mass is 9.82. The Bertz CT molecular complexity index is 4110. The van der Waals surface area contributed by atoms with E-state index in [1.54, 1.807) is 0 Å². The van der Waals surface area contributed by atoms with Gasteiger partial charge in [0.25, 0.3) is 0 Å². The zero-order chi connectivity index (χ0) is 47.5. The third-order valence-corrected chi connectivity index (χ3v) is 14.5.